The predicted molar refractivity (Wildman–Crippen MR) is 112 cm³/mol. The van der Waals surface area contributed by atoms with Crippen LogP contribution in [-0.4, -0.2) is 57.9 Å². The average molecular weight is 429 g/mol. The Kier molecular flexibility index (Phi) is 5.87. The Bertz CT molecular complexity index is 1090. The summed E-state index contributed by atoms with van der Waals surface area (Å²) in [5.41, 5.74) is 13.6. The van der Waals surface area contributed by atoms with Crippen LogP contribution in [0.25, 0.3) is 5.52 Å². The van der Waals surface area contributed by atoms with Crippen molar-refractivity contribution in [3.8, 4) is 5.75 Å². The van der Waals surface area contributed by atoms with Gasteiger partial charge in [0, 0.05) is 43.6 Å². The number of aromatic nitrogens is 3. The van der Waals surface area contributed by atoms with E-state index >= 15 is 0 Å². The molecule has 1 amide bonds. The van der Waals surface area contributed by atoms with Crippen molar-refractivity contribution in [3.63, 3.8) is 0 Å². The molecular weight excluding hydrogens is 405 g/mol. The highest BCUT2D eigenvalue weighted by molar-refractivity contribution is 5.76. The molecule has 3 aromatic rings. The van der Waals surface area contributed by atoms with Gasteiger partial charge in [-0.25, -0.2) is 18.7 Å². The third-order valence-corrected chi connectivity index (χ3v) is 5.31. The second-order valence-corrected chi connectivity index (χ2v) is 7.38. The Morgan fingerprint density at radius 2 is 2.23 bits per heavy atom. The SMILES string of the molecule is COc1cc(Nc2ncnn3ccc(CN4CCC(N)C(OC(N)=O)C4)c23)ccc1F. The van der Waals surface area contributed by atoms with Gasteiger partial charge in [0.1, 0.15) is 17.9 Å². The molecule has 4 rings (SSSR count). The largest absolute Gasteiger partial charge is 0.494 e. The number of halogens is 1. The molecule has 0 bridgehead atoms. The zero-order valence-corrected chi connectivity index (χ0v) is 17.0. The third kappa shape index (κ3) is 4.52. The van der Waals surface area contributed by atoms with Crippen molar-refractivity contribution in [2.45, 2.75) is 25.1 Å². The number of benzene rings is 1. The normalized spacial score (nSPS) is 19.3. The molecule has 10 nitrogen and oxygen atoms in total. The maximum atomic E-state index is 13.7. The Morgan fingerprint density at radius 1 is 1.39 bits per heavy atom. The highest BCUT2D eigenvalue weighted by atomic mass is 19.1. The molecule has 0 saturated carbocycles. The van der Waals surface area contributed by atoms with Crippen LogP contribution in [0.1, 0.15) is 12.0 Å². The first-order valence-corrected chi connectivity index (χ1v) is 9.80. The van der Waals surface area contributed by atoms with Crippen molar-refractivity contribution in [2.24, 2.45) is 11.5 Å². The van der Waals surface area contributed by atoms with Crippen molar-refractivity contribution in [2.75, 3.05) is 25.5 Å². The first-order chi connectivity index (χ1) is 14.9. The zero-order valence-electron chi connectivity index (χ0n) is 17.0. The standard InChI is InChI=1S/C20H24FN7O3/c1-30-16-8-13(2-3-14(16)21)26-19-18-12(4-7-28(18)25-11-24-19)9-27-6-5-15(22)17(10-27)31-20(23)29/h2-4,7-8,11,15,17H,5-6,9-10,22H2,1H3,(H2,23,29)(H,24,25,26). The van der Waals surface area contributed by atoms with Crippen molar-refractivity contribution in [3.05, 3.63) is 48.2 Å². The van der Waals surface area contributed by atoms with Crippen LogP contribution >= 0.6 is 0 Å². The maximum Gasteiger partial charge on any atom is 0.404 e. The number of nitrogens with zero attached hydrogens (tertiary/aromatic N) is 4. The number of amides is 1. The van der Waals surface area contributed by atoms with Gasteiger partial charge in [0.15, 0.2) is 17.4 Å². The zero-order chi connectivity index (χ0) is 22.0. The summed E-state index contributed by atoms with van der Waals surface area (Å²) in [6.07, 6.45) is 2.68. The summed E-state index contributed by atoms with van der Waals surface area (Å²) in [6.45, 7) is 1.81. The highest BCUT2D eigenvalue weighted by Crippen LogP contribution is 2.28. The van der Waals surface area contributed by atoms with E-state index in [0.717, 1.165) is 17.6 Å². The predicted octanol–water partition coefficient (Wildman–Crippen LogP) is 1.62. The van der Waals surface area contributed by atoms with E-state index in [9.17, 15) is 9.18 Å². The topological polar surface area (TPSA) is 133 Å². The number of anilines is 2. The fourth-order valence-electron chi connectivity index (χ4n) is 3.77. The molecule has 0 radical (unpaired) electrons. The van der Waals surface area contributed by atoms with Crippen LogP contribution in [0, 0.1) is 5.82 Å². The highest BCUT2D eigenvalue weighted by Gasteiger charge is 2.29. The number of carbonyl (C=O) groups is 1. The molecule has 2 unspecified atom stereocenters. The van der Waals surface area contributed by atoms with Gasteiger partial charge in [0.2, 0.25) is 0 Å². The minimum absolute atomic E-state index is 0.135. The molecule has 1 aliphatic rings. The quantitative estimate of drug-likeness (QED) is 0.538. The van der Waals surface area contributed by atoms with Crippen LogP contribution in [-0.2, 0) is 11.3 Å². The lowest BCUT2D eigenvalue weighted by Gasteiger charge is -2.35. The monoisotopic (exact) mass is 429 g/mol. The Labute approximate surface area is 177 Å². The van der Waals surface area contributed by atoms with Crippen LogP contribution in [0.2, 0.25) is 0 Å². The summed E-state index contributed by atoms with van der Waals surface area (Å²) in [5, 5.41) is 7.48. The molecule has 31 heavy (non-hydrogen) atoms. The smallest absolute Gasteiger partial charge is 0.404 e. The van der Waals surface area contributed by atoms with Crippen LogP contribution in [0.4, 0.5) is 20.7 Å². The molecule has 0 aliphatic carbocycles. The minimum atomic E-state index is -0.828. The van der Waals surface area contributed by atoms with Gasteiger partial charge in [-0.2, -0.15) is 5.10 Å². The number of methoxy groups -OCH3 is 1. The summed E-state index contributed by atoms with van der Waals surface area (Å²) >= 11 is 0. The van der Waals surface area contributed by atoms with Gasteiger partial charge in [-0.15, -0.1) is 0 Å². The second kappa shape index (κ2) is 8.74. The lowest BCUT2D eigenvalue weighted by Crippen LogP contribution is -2.52. The van der Waals surface area contributed by atoms with Crippen molar-refractivity contribution >= 4 is 23.1 Å². The molecule has 2 atom stereocenters. The number of hydrogen-bond donors (Lipinski definition) is 3. The molecule has 2 aromatic heterocycles. The molecular formula is C20H24FN7O3. The molecule has 164 valence electrons. The van der Waals surface area contributed by atoms with E-state index in [-0.39, 0.29) is 11.8 Å². The first-order valence-electron chi connectivity index (χ1n) is 9.80. The number of nitrogens with two attached hydrogens (primary N) is 2. The van der Waals surface area contributed by atoms with Crippen LogP contribution < -0.4 is 21.5 Å². The van der Waals surface area contributed by atoms with E-state index in [1.807, 2.05) is 12.3 Å². The summed E-state index contributed by atoms with van der Waals surface area (Å²) in [7, 11) is 1.41. The lowest BCUT2D eigenvalue weighted by molar-refractivity contribution is 0.0313. The van der Waals surface area contributed by atoms with Gasteiger partial charge >= 0.3 is 6.09 Å². The number of fused-ring (bicyclic) bond motifs is 1. The Morgan fingerprint density at radius 3 is 3.00 bits per heavy atom. The van der Waals surface area contributed by atoms with Gasteiger partial charge in [-0.05, 0) is 30.2 Å². The molecule has 11 heteroatoms. The molecule has 1 aromatic carbocycles. The van der Waals surface area contributed by atoms with Crippen molar-refractivity contribution < 1.29 is 18.7 Å². The van der Waals surface area contributed by atoms with Gasteiger partial charge in [0.05, 0.1) is 7.11 Å². The number of nitrogens with one attached hydrogen (secondary N) is 1. The van der Waals surface area contributed by atoms with Gasteiger partial charge in [-0.1, -0.05) is 0 Å². The molecule has 1 fully saturated rings. The van der Waals surface area contributed by atoms with Gasteiger partial charge in [0.25, 0.3) is 0 Å². The summed E-state index contributed by atoms with van der Waals surface area (Å²) in [5.74, 6) is 0.262. The molecule has 1 aliphatic heterocycles. The molecule has 1 saturated heterocycles. The van der Waals surface area contributed by atoms with E-state index in [0.29, 0.717) is 31.0 Å². The van der Waals surface area contributed by atoms with Crippen LogP contribution in [0.3, 0.4) is 0 Å². The molecule has 3 heterocycles. The first kappa shape index (κ1) is 20.8. The fourth-order valence-corrected chi connectivity index (χ4v) is 3.77. The van der Waals surface area contributed by atoms with E-state index in [1.54, 1.807) is 16.6 Å². The number of ether oxygens (including phenoxy) is 2. The Hall–Kier alpha value is -3.44. The second-order valence-electron chi connectivity index (χ2n) is 7.38. The van der Waals surface area contributed by atoms with Crippen LogP contribution in [0.5, 0.6) is 5.75 Å². The van der Waals surface area contributed by atoms with Crippen molar-refractivity contribution in [1.82, 2.24) is 19.5 Å². The minimum Gasteiger partial charge on any atom is -0.494 e. The molecule has 5 N–H and O–H groups in total. The van der Waals surface area contributed by atoms with Crippen LogP contribution in [0.15, 0.2) is 36.8 Å². The number of carbonyl (C=O) groups excluding carboxylic acids is 1. The van der Waals surface area contributed by atoms with E-state index in [4.69, 9.17) is 20.9 Å². The maximum absolute atomic E-state index is 13.7. The third-order valence-electron chi connectivity index (χ3n) is 5.31. The fraction of sp³-hybridized carbons (Fsp3) is 0.350. The number of primary amides is 1. The average Bonchev–Trinajstić information content (AvgIpc) is 3.15. The number of likely N-dealkylation sites (tertiary alicyclic amines) is 1. The van der Waals surface area contributed by atoms with Gasteiger partial charge < -0.3 is 26.3 Å². The lowest BCUT2D eigenvalue weighted by atomic mass is 10.0. The Balaban J connectivity index is 1.58. The summed E-state index contributed by atoms with van der Waals surface area (Å²) < 4.78 is 25.7. The van der Waals surface area contributed by atoms with Crippen molar-refractivity contribution in [1.29, 1.82) is 0 Å². The number of hydrogen-bond acceptors (Lipinski definition) is 8. The van der Waals surface area contributed by atoms with E-state index in [2.05, 4.69) is 20.3 Å². The molecule has 0 spiro atoms. The number of piperidine rings is 1. The van der Waals surface area contributed by atoms with E-state index < -0.39 is 18.0 Å². The number of rotatable bonds is 6. The van der Waals surface area contributed by atoms with E-state index in [1.165, 1.54) is 19.5 Å². The summed E-state index contributed by atoms with van der Waals surface area (Å²) in [6, 6.07) is 6.21. The van der Waals surface area contributed by atoms with Gasteiger partial charge in [-0.3, -0.25) is 4.90 Å². The summed E-state index contributed by atoms with van der Waals surface area (Å²) in [4.78, 5) is 17.7.